The monoisotopic (exact) mass is 507 g/mol. The zero-order chi connectivity index (χ0) is 19.7. The van der Waals surface area contributed by atoms with Crippen molar-refractivity contribution < 1.29 is 37.3 Å². The molecular weight excluding hydrogens is 484 g/mol. The number of halogens is 3. The number of rotatable bonds is 7. The predicted molar refractivity (Wildman–Crippen MR) is 113 cm³/mol. The first-order valence-corrected chi connectivity index (χ1v) is 10.3. The van der Waals surface area contributed by atoms with Gasteiger partial charge in [0.1, 0.15) is 47.7 Å². The van der Waals surface area contributed by atoms with Gasteiger partial charge in [-0.15, -0.1) is 24.8 Å². The van der Waals surface area contributed by atoms with Crippen LogP contribution in [0.5, 0.6) is 0 Å². The first-order chi connectivity index (χ1) is 12.8. The number of aliphatic hydroxyl groups excluding tert-OH is 2. The van der Waals surface area contributed by atoms with Crippen LogP contribution in [0.4, 0.5) is 5.82 Å². The number of aromatic nitrogens is 4. The topological polar surface area (TPSA) is 183 Å². The molecule has 0 aliphatic carbocycles. The van der Waals surface area contributed by atoms with E-state index in [-0.39, 0.29) is 53.9 Å². The Hall–Kier alpha value is -1.12. The number of nitrogen functional groups attached to an aromatic ring is 1. The van der Waals surface area contributed by atoms with Crippen molar-refractivity contribution in [3.8, 4) is 0 Å². The predicted octanol–water partition coefficient (Wildman–Crippen LogP) is -4.07. The number of nitrogens with two attached hydrogens (primary N) is 2. The maximum atomic E-state index is 10.8. The average molecular weight is 509 g/mol. The summed E-state index contributed by atoms with van der Waals surface area (Å²) in [6, 6.07) is -0.907. The molecular formula is C15H25Cl3N6O5S. The summed E-state index contributed by atoms with van der Waals surface area (Å²) in [5, 5.41) is 29.7. The van der Waals surface area contributed by atoms with Crippen molar-refractivity contribution >= 4 is 58.7 Å². The summed E-state index contributed by atoms with van der Waals surface area (Å²) in [6.07, 6.45) is 1.31. The van der Waals surface area contributed by atoms with Crippen molar-refractivity contribution in [1.82, 2.24) is 19.5 Å². The minimum Gasteiger partial charge on any atom is -1.00 e. The Morgan fingerprint density at radius 2 is 1.97 bits per heavy atom. The maximum absolute atomic E-state index is 10.8. The molecule has 0 amide bonds. The lowest BCUT2D eigenvalue weighted by atomic mass is 10.1. The number of imidazole rings is 1. The third kappa shape index (κ3) is 5.98. The third-order valence-corrected chi connectivity index (χ3v) is 6.37. The Bertz CT molecular complexity index is 833. The summed E-state index contributed by atoms with van der Waals surface area (Å²) in [5.74, 6) is 0.254. The SMILES string of the molecule is Cl.Cl.[13CH3][S+](CC[C@H](N)C(=O)O)C[C@H]1O[C@@H](n2cnc3c(N)ncnc32)C(O)[C@H]1O.[Cl-]. The molecule has 0 spiro atoms. The number of anilines is 1. The van der Waals surface area contributed by atoms with Crippen LogP contribution in [0.15, 0.2) is 12.7 Å². The molecule has 3 rings (SSSR count). The lowest BCUT2D eigenvalue weighted by molar-refractivity contribution is -0.138. The molecule has 11 nitrogen and oxygen atoms in total. The van der Waals surface area contributed by atoms with E-state index in [0.29, 0.717) is 29.1 Å². The maximum Gasteiger partial charge on any atom is 0.320 e. The quantitative estimate of drug-likeness (QED) is 0.182. The number of aliphatic carboxylic acids is 1. The number of fused-ring (bicyclic) bond motifs is 1. The van der Waals surface area contributed by atoms with Gasteiger partial charge >= 0.3 is 5.97 Å². The first-order valence-electron chi connectivity index (χ1n) is 8.31. The Morgan fingerprint density at radius 1 is 1.30 bits per heavy atom. The van der Waals surface area contributed by atoms with E-state index in [1.807, 2.05) is 6.26 Å². The fraction of sp³-hybridized carbons (Fsp3) is 0.600. The minimum absolute atomic E-state index is 0. The second kappa shape index (κ2) is 12.1. The number of hydrogen-bond donors (Lipinski definition) is 5. The van der Waals surface area contributed by atoms with Gasteiger partial charge in [0.2, 0.25) is 0 Å². The van der Waals surface area contributed by atoms with Gasteiger partial charge in [0.15, 0.2) is 17.7 Å². The normalized spacial score (nSPS) is 24.9. The molecule has 2 aromatic heterocycles. The minimum atomic E-state index is -1.16. The van der Waals surface area contributed by atoms with E-state index in [4.69, 9.17) is 21.3 Å². The lowest BCUT2D eigenvalue weighted by Crippen LogP contribution is -3.00. The van der Waals surface area contributed by atoms with Gasteiger partial charge in [0, 0.05) is 6.42 Å². The van der Waals surface area contributed by atoms with Crippen LogP contribution in [0, 0.1) is 0 Å². The molecule has 1 aliphatic heterocycles. The molecule has 1 fully saturated rings. The molecule has 0 bridgehead atoms. The zero-order valence-electron chi connectivity index (χ0n) is 15.9. The Labute approximate surface area is 194 Å². The molecule has 172 valence electrons. The highest BCUT2D eigenvalue weighted by Crippen LogP contribution is 2.32. The van der Waals surface area contributed by atoms with Crippen LogP contribution < -0.4 is 23.9 Å². The lowest BCUT2D eigenvalue weighted by Gasteiger charge is -2.16. The summed E-state index contributed by atoms with van der Waals surface area (Å²) >= 11 is 0. The highest BCUT2D eigenvalue weighted by atomic mass is 35.5. The van der Waals surface area contributed by atoms with E-state index < -0.39 is 36.6 Å². The van der Waals surface area contributed by atoms with Crippen LogP contribution in [0.25, 0.3) is 11.2 Å². The van der Waals surface area contributed by atoms with Crippen LogP contribution >= 0.6 is 24.8 Å². The van der Waals surface area contributed by atoms with Gasteiger partial charge in [-0.2, -0.15) is 0 Å². The van der Waals surface area contributed by atoms with Gasteiger partial charge in [-0.05, 0) is 10.9 Å². The highest BCUT2D eigenvalue weighted by molar-refractivity contribution is 7.96. The van der Waals surface area contributed by atoms with Gasteiger partial charge < -0.3 is 43.9 Å². The average Bonchev–Trinajstić information content (AvgIpc) is 3.17. The van der Waals surface area contributed by atoms with Crippen LogP contribution in [-0.2, 0) is 20.4 Å². The molecule has 1 aliphatic rings. The second-order valence-corrected chi connectivity index (χ2v) is 8.82. The van der Waals surface area contributed by atoms with Crippen molar-refractivity contribution in [3.63, 3.8) is 0 Å². The summed E-state index contributed by atoms with van der Waals surface area (Å²) in [4.78, 5) is 23.0. The number of ether oxygens (including phenoxy) is 1. The molecule has 2 unspecified atom stereocenters. The molecule has 6 atom stereocenters. The van der Waals surface area contributed by atoms with E-state index >= 15 is 0 Å². The Morgan fingerprint density at radius 3 is 2.60 bits per heavy atom. The Balaban J connectivity index is 0.00000280. The Kier molecular flexibility index (Phi) is 11.6. The summed E-state index contributed by atoms with van der Waals surface area (Å²) in [7, 11) is -0.235. The van der Waals surface area contributed by atoms with E-state index in [1.54, 1.807) is 0 Å². The summed E-state index contributed by atoms with van der Waals surface area (Å²) in [6.45, 7) is 0. The molecule has 0 aromatic carbocycles. The number of aliphatic hydroxyl groups is 2. The van der Waals surface area contributed by atoms with Gasteiger partial charge in [-0.25, -0.2) is 15.0 Å². The molecule has 30 heavy (non-hydrogen) atoms. The van der Waals surface area contributed by atoms with E-state index in [9.17, 15) is 15.0 Å². The van der Waals surface area contributed by atoms with Crippen molar-refractivity contribution in [2.24, 2.45) is 5.73 Å². The van der Waals surface area contributed by atoms with Gasteiger partial charge in [-0.3, -0.25) is 9.36 Å². The molecule has 0 radical (unpaired) electrons. The number of hydrogen-bond acceptors (Lipinski definition) is 9. The van der Waals surface area contributed by atoms with Crippen molar-refractivity contribution in [3.05, 3.63) is 12.7 Å². The van der Waals surface area contributed by atoms with Gasteiger partial charge in [-0.1, -0.05) is 0 Å². The van der Waals surface area contributed by atoms with E-state index in [0.717, 1.165) is 0 Å². The molecule has 3 heterocycles. The standard InChI is InChI=1S/C15H22N6O5S.3ClH/c1-27(3-2-7(16)15(24)25)4-8-10(22)11(23)14(26-8)21-6-20-9-12(17)18-5-19-13(9)21;;;/h5-8,10-11,14,22-23H,2-4,16H2,1H3,(H2-,17,18,19,24,25);3*1H/t7-,8+,10-,11?,14+,27?;;;/m0.../s1/i1+1;;;. The number of carbonyl (C=O) groups is 1. The van der Waals surface area contributed by atoms with Crippen LogP contribution in [-0.4, -0.2) is 82.9 Å². The fourth-order valence-corrected chi connectivity index (χ4v) is 4.63. The summed E-state index contributed by atoms with van der Waals surface area (Å²) < 4.78 is 7.41. The zero-order valence-corrected chi connectivity index (χ0v) is 19.1. The fourth-order valence-electron chi connectivity index (χ4n) is 2.97. The smallest absolute Gasteiger partial charge is 0.320 e. The van der Waals surface area contributed by atoms with Crippen LogP contribution in [0.1, 0.15) is 12.6 Å². The molecule has 1 saturated heterocycles. The number of carboxylic acid groups (broad SMARTS) is 1. The largest absolute Gasteiger partial charge is 1.00 e. The van der Waals surface area contributed by atoms with Gasteiger partial charge in [0.25, 0.3) is 0 Å². The van der Waals surface area contributed by atoms with Crippen molar-refractivity contribution in [2.75, 3.05) is 23.5 Å². The first kappa shape index (κ1) is 28.9. The molecule has 0 saturated carbocycles. The highest BCUT2D eigenvalue weighted by Gasteiger charge is 2.46. The van der Waals surface area contributed by atoms with Crippen LogP contribution in [0.3, 0.4) is 0 Å². The number of carboxylic acids is 1. The van der Waals surface area contributed by atoms with Crippen LogP contribution in [0.2, 0.25) is 0 Å². The number of nitrogens with zero attached hydrogens (tertiary/aromatic N) is 4. The third-order valence-electron chi connectivity index (χ3n) is 4.54. The van der Waals surface area contributed by atoms with Crippen molar-refractivity contribution in [2.45, 2.75) is 37.0 Å². The van der Waals surface area contributed by atoms with Crippen molar-refractivity contribution in [1.29, 1.82) is 0 Å². The van der Waals surface area contributed by atoms with E-state index in [1.165, 1.54) is 17.2 Å². The van der Waals surface area contributed by atoms with Gasteiger partial charge in [0.05, 0.1) is 12.6 Å². The molecule has 7 N–H and O–H groups in total. The van der Waals surface area contributed by atoms with E-state index in [2.05, 4.69) is 15.0 Å². The second-order valence-electron chi connectivity index (χ2n) is 6.51. The molecule has 2 aromatic rings. The molecule has 15 heteroatoms. The summed E-state index contributed by atoms with van der Waals surface area (Å²) in [5.41, 5.74) is 12.1.